The summed E-state index contributed by atoms with van der Waals surface area (Å²) in [5.41, 5.74) is 4.04. The van der Waals surface area contributed by atoms with E-state index in [0.29, 0.717) is 23.7 Å². The summed E-state index contributed by atoms with van der Waals surface area (Å²) >= 11 is 1.38. The Bertz CT molecular complexity index is 824. The molecule has 8 nitrogen and oxygen atoms in total. The third kappa shape index (κ3) is 6.63. The molecule has 1 amide bonds. The smallest absolute Gasteiger partial charge is 0.269 e. The summed E-state index contributed by atoms with van der Waals surface area (Å²) in [6.45, 7) is 2.24. The van der Waals surface area contributed by atoms with Crippen LogP contribution in [-0.2, 0) is 10.5 Å². The van der Waals surface area contributed by atoms with Crippen molar-refractivity contribution in [2.24, 2.45) is 5.10 Å². The van der Waals surface area contributed by atoms with Crippen LogP contribution < -0.4 is 10.2 Å². The molecule has 0 heterocycles. The number of nitro groups is 1. The SMILES string of the molecule is CCOc1cc(/C=N/NC(=O)CSCc2ccc([N+](=O)[O-])cc2)ccc1O. The lowest BCUT2D eigenvalue weighted by Crippen LogP contribution is -2.19. The van der Waals surface area contributed by atoms with Gasteiger partial charge in [0, 0.05) is 17.9 Å². The number of hydrogen-bond donors (Lipinski definition) is 2. The predicted octanol–water partition coefficient (Wildman–Crippen LogP) is 3.08. The molecule has 2 aromatic carbocycles. The molecule has 0 aliphatic rings. The lowest BCUT2D eigenvalue weighted by atomic mass is 10.2. The monoisotopic (exact) mass is 389 g/mol. The van der Waals surface area contributed by atoms with Gasteiger partial charge in [0.2, 0.25) is 5.91 Å². The average molecular weight is 389 g/mol. The van der Waals surface area contributed by atoms with Crippen LogP contribution in [0.2, 0.25) is 0 Å². The topological polar surface area (TPSA) is 114 Å². The van der Waals surface area contributed by atoms with E-state index in [0.717, 1.165) is 5.56 Å². The van der Waals surface area contributed by atoms with Crippen LogP contribution in [0.5, 0.6) is 11.5 Å². The zero-order valence-corrected chi connectivity index (χ0v) is 15.4. The third-order valence-corrected chi connectivity index (χ3v) is 4.34. The highest BCUT2D eigenvalue weighted by atomic mass is 32.2. The van der Waals surface area contributed by atoms with E-state index >= 15 is 0 Å². The number of rotatable bonds is 9. The van der Waals surface area contributed by atoms with Crippen LogP contribution in [0.15, 0.2) is 47.6 Å². The maximum absolute atomic E-state index is 11.8. The van der Waals surface area contributed by atoms with Gasteiger partial charge in [-0.05, 0) is 36.2 Å². The van der Waals surface area contributed by atoms with Crippen molar-refractivity contribution in [2.45, 2.75) is 12.7 Å². The molecule has 0 bridgehead atoms. The minimum atomic E-state index is -0.451. The van der Waals surface area contributed by atoms with Crippen molar-refractivity contribution in [3.63, 3.8) is 0 Å². The fourth-order valence-corrected chi connectivity index (χ4v) is 2.85. The van der Waals surface area contributed by atoms with Crippen molar-refractivity contribution >= 4 is 29.6 Å². The van der Waals surface area contributed by atoms with Gasteiger partial charge in [-0.2, -0.15) is 5.10 Å². The lowest BCUT2D eigenvalue weighted by Gasteiger charge is -2.06. The first kappa shape index (κ1) is 20.2. The Hall–Kier alpha value is -3.07. The number of thioether (sulfide) groups is 1. The average Bonchev–Trinajstić information content (AvgIpc) is 2.65. The number of nitrogens with one attached hydrogen (secondary N) is 1. The zero-order valence-electron chi connectivity index (χ0n) is 14.6. The number of carbonyl (C=O) groups is 1. The van der Waals surface area contributed by atoms with Crippen LogP contribution in [0, 0.1) is 10.1 Å². The second-order valence-electron chi connectivity index (χ2n) is 5.37. The molecule has 142 valence electrons. The first-order valence-corrected chi connectivity index (χ1v) is 9.24. The highest BCUT2D eigenvalue weighted by molar-refractivity contribution is 7.99. The minimum absolute atomic E-state index is 0.0394. The van der Waals surface area contributed by atoms with Gasteiger partial charge in [0.05, 0.1) is 23.5 Å². The van der Waals surface area contributed by atoms with Gasteiger partial charge in [0.25, 0.3) is 5.69 Å². The Labute approximate surface area is 160 Å². The summed E-state index contributed by atoms with van der Waals surface area (Å²) in [4.78, 5) is 21.9. The molecule has 0 spiro atoms. The van der Waals surface area contributed by atoms with E-state index in [2.05, 4.69) is 10.5 Å². The van der Waals surface area contributed by atoms with Gasteiger partial charge in [-0.1, -0.05) is 12.1 Å². The Morgan fingerprint density at radius 3 is 2.74 bits per heavy atom. The van der Waals surface area contributed by atoms with Gasteiger partial charge >= 0.3 is 0 Å². The van der Waals surface area contributed by atoms with Crippen LogP contribution in [0.1, 0.15) is 18.1 Å². The van der Waals surface area contributed by atoms with Crippen molar-refractivity contribution < 1.29 is 19.6 Å². The van der Waals surface area contributed by atoms with E-state index in [-0.39, 0.29) is 23.1 Å². The first-order valence-electron chi connectivity index (χ1n) is 8.08. The quantitative estimate of drug-likeness (QED) is 0.387. The molecule has 2 aromatic rings. The summed E-state index contributed by atoms with van der Waals surface area (Å²) in [5.74, 6) is 0.896. The molecule has 0 radical (unpaired) electrons. The van der Waals surface area contributed by atoms with Crippen molar-refractivity contribution in [1.82, 2.24) is 5.43 Å². The Balaban J connectivity index is 1.76. The number of ether oxygens (including phenoxy) is 1. The van der Waals surface area contributed by atoms with Crippen LogP contribution in [0.25, 0.3) is 0 Å². The highest BCUT2D eigenvalue weighted by Crippen LogP contribution is 2.26. The number of benzene rings is 2. The van der Waals surface area contributed by atoms with Crippen LogP contribution in [0.3, 0.4) is 0 Å². The normalized spacial score (nSPS) is 10.7. The molecule has 2 N–H and O–H groups in total. The number of amides is 1. The Morgan fingerprint density at radius 2 is 2.07 bits per heavy atom. The molecule has 0 aliphatic heterocycles. The van der Waals surface area contributed by atoms with Gasteiger partial charge in [-0.15, -0.1) is 11.8 Å². The van der Waals surface area contributed by atoms with Gasteiger partial charge in [-0.3, -0.25) is 14.9 Å². The molecule has 9 heteroatoms. The lowest BCUT2D eigenvalue weighted by molar-refractivity contribution is -0.384. The number of nitro benzene ring substituents is 1. The summed E-state index contributed by atoms with van der Waals surface area (Å²) < 4.78 is 5.28. The van der Waals surface area contributed by atoms with Crippen molar-refractivity contribution in [1.29, 1.82) is 0 Å². The number of carbonyl (C=O) groups excluding carboxylic acids is 1. The maximum Gasteiger partial charge on any atom is 0.269 e. The molecule has 27 heavy (non-hydrogen) atoms. The molecule has 0 aromatic heterocycles. The number of non-ortho nitro benzene ring substituents is 1. The molecule has 0 saturated carbocycles. The Kier molecular flexibility index (Phi) is 7.63. The summed E-state index contributed by atoms with van der Waals surface area (Å²) in [5, 5.41) is 24.1. The first-order chi connectivity index (χ1) is 13.0. The number of hydrazone groups is 1. The number of nitrogens with zero attached hydrogens (tertiary/aromatic N) is 2. The largest absolute Gasteiger partial charge is 0.504 e. The number of aromatic hydroxyl groups is 1. The summed E-state index contributed by atoms with van der Waals surface area (Å²) in [6, 6.07) is 11.0. The fourth-order valence-electron chi connectivity index (χ4n) is 2.07. The van der Waals surface area contributed by atoms with Crippen LogP contribution in [0.4, 0.5) is 5.69 Å². The molecule has 0 saturated heterocycles. The van der Waals surface area contributed by atoms with Gasteiger partial charge < -0.3 is 9.84 Å². The third-order valence-electron chi connectivity index (χ3n) is 3.34. The molecule has 0 atom stereocenters. The van der Waals surface area contributed by atoms with Crippen molar-refractivity contribution in [2.75, 3.05) is 12.4 Å². The van der Waals surface area contributed by atoms with E-state index in [1.54, 1.807) is 24.3 Å². The summed E-state index contributed by atoms with van der Waals surface area (Å²) in [7, 11) is 0. The number of phenols is 1. The zero-order chi connectivity index (χ0) is 19.6. The van der Waals surface area contributed by atoms with Crippen molar-refractivity contribution in [3.8, 4) is 11.5 Å². The van der Waals surface area contributed by atoms with E-state index < -0.39 is 4.92 Å². The number of phenolic OH excluding ortho intramolecular Hbond substituents is 1. The Morgan fingerprint density at radius 1 is 1.33 bits per heavy atom. The van der Waals surface area contributed by atoms with Gasteiger partial charge in [0.1, 0.15) is 0 Å². The van der Waals surface area contributed by atoms with E-state index in [9.17, 15) is 20.0 Å². The van der Waals surface area contributed by atoms with E-state index in [4.69, 9.17) is 4.74 Å². The van der Waals surface area contributed by atoms with Gasteiger partial charge in [-0.25, -0.2) is 5.43 Å². The molecule has 0 fully saturated rings. The van der Waals surface area contributed by atoms with Crippen molar-refractivity contribution in [3.05, 3.63) is 63.7 Å². The van der Waals surface area contributed by atoms with Crippen LogP contribution >= 0.6 is 11.8 Å². The molecular weight excluding hydrogens is 370 g/mol. The predicted molar refractivity (Wildman–Crippen MR) is 104 cm³/mol. The minimum Gasteiger partial charge on any atom is -0.504 e. The second kappa shape index (κ2) is 10.2. The van der Waals surface area contributed by atoms with Gasteiger partial charge in [0.15, 0.2) is 11.5 Å². The fraction of sp³-hybridized carbons (Fsp3) is 0.222. The van der Waals surface area contributed by atoms with E-state index in [1.165, 1.54) is 36.2 Å². The van der Waals surface area contributed by atoms with E-state index in [1.807, 2.05) is 6.92 Å². The maximum atomic E-state index is 11.8. The molecule has 2 rings (SSSR count). The molecule has 0 unspecified atom stereocenters. The molecular formula is C18H19N3O5S. The standard InChI is InChI=1S/C18H19N3O5S/c1-2-26-17-9-14(5-8-16(17)22)10-19-20-18(23)12-27-11-13-3-6-15(7-4-13)21(24)25/h3-10,22H,2,11-12H2,1H3,(H,20,23)/b19-10+. The number of hydrogen-bond acceptors (Lipinski definition) is 7. The summed E-state index contributed by atoms with van der Waals surface area (Å²) in [6.07, 6.45) is 1.46. The van der Waals surface area contributed by atoms with Crippen LogP contribution in [-0.4, -0.2) is 34.5 Å². The second-order valence-corrected chi connectivity index (χ2v) is 6.36. The molecule has 0 aliphatic carbocycles. The highest BCUT2D eigenvalue weighted by Gasteiger charge is 2.05.